The average molecular weight is 367 g/mol. The van der Waals surface area contributed by atoms with Gasteiger partial charge in [-0.25, -0.2) is 9.97 Å². The maximum absolute atomic E-state index is 12.7. The van der Waals surface area contributed by atoms with Gasteiger partial charge in [-0.3, -0.25) is 4.79 Å². The zero-order valence-corrected chi connectivity index (χ0v) is 16.3. The molecule has 1 saturated heterocycles. The zero-order chi connectivity index (χ0) is 19.1. The standard InChI is InChI=1S/C21H29N5O/c1-25(2)13-9-12-22-21(27)18-16-19(26-14-7-4-8-15-26)24-20(23-18)17-10-5-3-6-11-17/h3,5-6,10-11,16H,4,7-9,12-15H2,1-2H3,(H,22,27). The number of aromatic nitrogens is 2. The number of anilines is 1. The van der Waals surface area contributed by atoms with E-state index in [2.05, 4.69) is 20.1 Å². The third-order valence-electron chi connectivity index (χ3n) is 4.72. The second-order valence-electron chi connectivity index (χ2n) is 7.26. The minimum atomic E-state index is -0.133. The molecule has 1 aliphatic rings. The lowest BCUT2D eigenvalue weighted by Gasteiger charge is -2.28. The van der Waals surface area contributed by atoms with Gasteiger partial charge in [-0.15, -0.1) is 0 Å². The Hall–Kier alpha value is -2.47. The van der Waals surface area contributed by atoms with Gasteiger partial charge in [0, 0.05) is 31.3 Å². The molecule has 1 aromatic carbocycles. The fourth-order valence-corrected chi connectivity index (χ4v) is 3.24. The first kappa shape index (κ1) is 19.3. The topological polar surface area (TPSA) is 61.4 Å². The molecule has 144 valence electrons. The molecule has 0 unspecified atom stereocenters. The second kappa shape index (κ2) is 9.46. The van der Waals surface area contributed by atoms with Crippen LogP contribution in [0.2, 0.25) is 0 Å². The predicted molar refractivity (Wildman–Crippen MR) is 109 cm³/mol. The van der Waals surface area contributed by atoms with Crippen LogP contribution >= 0.6 is 0 Å². The number of amides is 1. The SMILES string of the molecule is CN(C)CCCNC(=O)c1cc(N2CCCCC2)nc(-c2ccccc2)n1. The summed E-state index contributed by atoms with van der Waals surface area (Å²) in [6, 6.07) is 11.7. The number of carbonyl (C=O) groups excluding carboxylic acids is 1. The summed E-state index contributed by atoms with van der Waals surface area (Å²) in [5, 5.41) is 2.99. The Morgan fingerprint density at radius 3 is 2.56 bits per heavy atom. The van der Waals surface area contributed by atoms with Gasteiger partial charge in [-0.2, -0.15) is 0 Å². The molecule has 0 aliphatic carbocycles. The molecule has 6 nitrogen and oxygen atoms in total. The highest BCUT2D eigenvalue weighted by molar-refractivity contribution is 5.93. The number of hydrogen-bond donors (Lipinski definition) is 1. The van der Waals surface area contributed by atoms with Crippen molar-refractivity contribution in [2.45, 2.75) is 25.7 Å². The lowest BCUT2D eigenvalue weighted by molar-refractivity contribution is 0.0947. The summed E-state index contributed by atoms with van der Waals surface area (Å²) in [4.78, 5) is 26.4. The van der Waals surface area contributed by atoms with Crippen molar-refractivity contribution in [3.63, 3.8) is 0 Å². The van der Waals surface area contributed by atoms with E-state index in [4.69, 9.17) is 4.98 Å². The van der Waals surface area contributed by atoms with Crippen molar-refractivity contribution >= 4 is 11.7 Å². The first-order chi connectivity index (χ1) is 13.1. The zero-order valence-electron chi connectivity index (χ0n) is 16.3. The Morgan fingerprint density at radius 2 is 1.85 bits per heavy atom. The Bertz CT molecular complexity index is 741. The largest absolute Gasteiger partial charge is 0.356 e. The molecule has 1 aromatic heterocycles. The van der Waals surface area contributed by atoms with Gasteiger partial charge in [-0.1, -0.05) is 30.3 Å². The number of nitrogens with zero attached hydrogens (tertiary/aromatic N) is 4. The van der Waals surface area contributed by atoms with E-state index in [1.807, 2.05) is 50.5 Å². The van der Waals surface area contributed by atoms with Crippen LogP contribution in [-0.2, 0) is 0 Å². The highest BCUT2D eigenvalue weighted by Crippen LogP contribution is 2.23. The van der Waals surface area contributed by atoms with Gasteiger partial charge in [0.15, 0.2) is 5.82 Å². The number of rotatable bonds is 7. The Kier molecular flexibility index (Phi) is 6.76. The smallest absolute Gasteiger partial charge is 0.270 e. The molecule has 2 heterocycles. The summed E-state index contributed by atoms with van der Waals surface area (Å²) in [6.45, 7) is 3.54. The molecule has 27 heavy (non-hydrogen) atoms. The summed E-state index contributed by atoms with van der Waals surface area (Å²) in [5.41, 5.74) is 1.37. The van der Waals surface area contributed by atoms with Gasteiger partial charge in [0.2, 0.25) is 0 Å². The van der Waals surface area contributed by atoms with Crippen LogP contribution in [0.15, 0.2) is 36.4 Å². The molecule has 6 heteroatoms. The highest BCUT2D eigenvalue weighted by Gasteiger charge is 2.18. The summed E-state index contributed by atoms with van der Waals surface area (Å²) >= 11 is 0. The van der Waals surface area contributed by atoms with E-state index in [-0.39, 0.29) is 5.91 Å². The van der Waals surface area contributed by atoms with E-state index in [1.165, 1.54) is 6.42 Å². The summed E-state index contributed by atoms with van der Waals surface area (Å²) in [5.74, 6) is 1.32. The van der Waals surface area contributed by atoms with Crippen molar-refractivity contribution in [2.24, 2.45) is 0 Å². The number of nitrogens with one attached hydrogen (secondary N) is 1. The van der Waals surface area contributed by atoms with Crippen molar-refractivity contribution < 1.29 is 4.79 Å². The van der Waals surface area contributed by atoms with E-state index in [0.29, 0.717) is 18.1 Å². The molecule has 1 fully saturated rings. The fourth-order valence-electron chi connectivity index (χ4n) is 3.24. The molecule has 0 spiro atoms. The van der Waals surface area contributed by atoms with Crippen LogP contribution in [0.5, 0.6) is 0 Å². The molecule has 2 aromatic rings. The lowest BCUT2D eigenvalue weighted by Crippen LogP contribution is -2.32. The maximum atomic E-state index is 12.7. The van der Waals surface area contributed by atoms with E-state index in [0.717, 1.165) is 50.3 Å². The van der Waals surface area contributed by atoms with Crippen LogP contribution < -0.4 is 10.2 Å². The van der Waals surface area contributed by atoms with Crippen LogP contribution in [0.1, 0.15) is 36.2 Å². The molecule has 1 amide bonds. The van der Waals surface area contributed by atoms with Crippen LogP contribution in [0, 0.1) is 0 Å². The molecule has 0 saturated carbocycles. The van der Waals surface area contributed by atoms with E-state index >= 15 is 0 Å². The molecule has 0 bridgehead atoms. The minimum Gasteiger partial charge on any atom is -0.356 e. The Balaban J connectivity index is 1.82. The molecule has 1 aliphatic heterocycles. The van der Waals surface area contributed by atoms with Gasteiger partial charge in [0.05, 0.1) is 0 Å². The maximum Gasteiger partial charge on any atom is 0.270 e. The van der Waals surface area contributed by atoms with Gasteiger partial charge < -0.3 is 15.1 Å². The van der Waals surface area contributed by atoms with Crippen molar-refractivity contribution in [1.82, 2.24) is 20.2 Å². The van der Waals surface area contributed by atoms with Crippen molar-refractivity contribution in [3.05, 3.63) is 42.1 Å². The van der Waals surface area contributed by atoms with Gasteiger partial charge >= 0.3 is 0 Å². The molecular weight excluding hydrogens is 338 g/mol. The van der Waals surface area contributed by atoms with Crippen molar-refractivity contribution in [3.8, 4) is 11.4 Å². The molecular formula is C21H29N5O. The molecule has 0 radical (unpaired) electrons. The fraction of sp³-hybridized carbons (Fsp3) is 0.476. The quantitative estimate of drug-likeness (QED) is 0.763. The third-order valence-corrected chi connectivity index (χ3v) is 4.72. The van der Waals surface area contributed by atoms with E-state index in [9.17, 15) is 4.79 Å². The number of benzene rings is 1. The minimum absolute atomic E-state index is 0.133. The molecule has 0 atom stereocenters. The first-order valence-corrected chi connectivity index (χ1v) is 9.76. The van der Waals surface area contributed by atoms with Crippen LogP contribution in [0.3, 0.4) is 0 Å². The normalized spacial score (nSPS) is 14.4. The molecule has 1 N–H and O–H groups in total. The van der Waals surface area contributed by atoms with E-state index < -0.39 is 0 Å². The van der Waals surface area contributed by atoms with Gasteiger partial charge in [0.1, 0.15) is 11.5 Å². The number of hydrogen-bond acceptors (Lipinski definition) is 5. The second-order valence-corrected chi connectivity index (χ2v) is 7.26. The number of carbonyl (C=O) groups is 1. The van der Waals surface area contributed by atoms with Crippen LogP contribution in [0.25, 0.3) is 11.4 Å². The summed E-state index contributed by atoms with van der Waals surface area (Å²) < 4.78 is 0. The van der Waals surface area contributed by atoms with Crippen LogP contribution in [0.4, 0.5) is 5.82 Å². The summed E-state index contributed by atoms with van der Waals surface area (Å²) in [6.07, 6.45) is 4.49. The van der Waals surface area contributed by atoms with E-state index in [1.54, 1.807) is 0 Å². The average Bonchev–Trinajstić information content (AvgIpc) is 2.72. The van der Waals surface area contributed by atoms with Crippen LogP contribution in [-0.4, -0.2) is 61.0 Å². The Labute approximate surface area is 161 Å². The number of piperidine rings is 1. The lowest BCUT2D eigenvalue weighted by atomic mass is 10.1. The van der Waals surface area contributed by atoms with Crippen molar-refractivity contribution in [1.29, 1.82) is 0 Å². The van der Waals surface area contributed by atoms with Gasteiger partial charge in [-0.05, 0) is 46.3 Å². The summed E-state index contributed by atoms with van der Waals surface area (Å²) in [7, 11) is 4.06. The predicted octanol–water partition coefficient (Wildman–Crippen LogP) is 2.82. The third kappa shape index (κ3) is 5.50. The first-order valence-electron chi connectivity index (χ1n) is 9.76. The monoisotopic (exact) mass is 367 g/mol. The van der Waals surface area contributed by atoms with Gasteiger partial charge in [0.25, 0.3) is 5.91 Å². The highest BCUT2D eigenvalue weighted by atomic mass is 16.1. The van der Waals surface area contributed by atoms with Crippen molar-refractivity contribution in [2.75, 3.05) is 45.2 Å². The Morgan fingerprint density at radius 1 is 1.11 bits per heavy atom. The molecule has 3 rings (SSSR count).